The van der Waals surface area contributed by atoms with E-state index < -0.39 is 0 Å². The van der Waals surface area contributed by atoms with E-state index >= 15 is 0 Å². The first kappa shape index (κ1) is 8.69. The SMILES string of the molecule is Cc1cccc(-c2cnc(N)nc2)c1. The summed E-state index contributed by atoms with van der Waals surface area (Å²) in [7, 11) is 0. The van der Waals surface area contributed by atoms with E-state index in [1.54, 1.807) is 12.4 Å². The highest BCUT2D eigenvalue weighted by atomic mass is 15.0. The number of nitrogens with zero attached hydrogens (tertiary/aromatic N) is 2. The normalized spacial score (nSPS) is 10.1. The standard InChI is InChI=1S/C11H11N3/c1-8-3-2-4-9(5-8)10-6-13-11(12)14-7-10/h2-7H,1H3,(H2,12,13,14). The lowest BCUT2D eigenvalue weighted by molar-refractivity contribution is 1.19. The Morgan fingerprint density at radius 3 is 2.43 bits per heavy atom. The first-order valence-electron chi connectivity index (χ1n) is 4.40. The molecule has 0 spiro atoms. The summed E-state index contributed by atoms with van der Waals surface area (Å²) < 4.78 is 0. The molecule has 2 rings (SSSR count). The quantitative estimate of drug-likeness (QED) is 0.739. The summed E-state index contributed by atoms with van der Waals surface area (Å²) in [6, 6.07) is 8.19. The van der Waals surface area contributed by atoms with Gasteiger partial charge in [-0.15, -0.1) is 0 Å². The van der Waals surface area contributed by atoms with Crippen molar-refractivity contribution in [1.82, 2.24) is 9.97 Å². The molecular weight excluding hydrogens is 174 g/mol. The Morgan fingerprint density at radius 1 is 1.07 bits per heavy atom. The molecule has 2 N–H and O–H groups in total. The average Bonchev–Trinajstić information content (AvgIpc) is 2.19. The molecule has 1 aromatic heterocycles. The summed E-state index contributed by atoms with van der Waals surface area (Å²) in [5.41, 5.74) is 8.74. The van der Waals surface area contributed by atoms with Crippen LogP contribution in [-0.4, -0.2) is 9.97 Å². The Balaban J connectivity index is 2.44. The van der Waals surface area contributed by atoms with Crippen molar-refractivity contribution >= 4 is 5.95 Å². The van der Waals surface area contributed by atoms with Gasteiger partial charge in [-0.25, -0.2) is 9.97 Å². The minimum Gasteiger partial charge on any atom is -0.368 e. The number of nitrogens with two attached hydrogens (primary N) is 1. The van der Waals surface area contributed by atoms with E-state index in [9.17, 15) is 0 Å². The highest BCUT2D eigenvalue weighted by Crippen LogP contribution is 2.18. The molecule has 1 aromatic carbocycles. The third-order valence-electron chi connectivity index (χ3n) is 2.02. The maximum absolute atomic E-state index is 5.41. The van der Waals surface area contributed by atoms with Crippen LogP contribution >= 0.6 is 0 Å². The van der Waals surface area contributed by atoms with Crippen molar-refractivity contribution in [2.45, 2.75) is 6.92 Å². The number of hydrogen-bond donors (Lipinski definition) is 1. The van der Waals surface area contributed by atoms with Crippen LogP contribution in [0.1, 0.15) is 5.56 Å². The molecule has 0 atom stereocenters. The number of rotatable bonds is 1. The molecule has 3 heteroatoms. The van der Waals surface area contributed by atoms with E-state index in [0.717, 1.165) is 11.1 Å². The van der Waals surface area contributed by atoms with Crippen molar-refractivity contribution < 1.29 is 0 Å². The van der Waals surface area contributed by atoms with Gasteiger partial charge < -0.3 is 5.73 Å². The molecule has 0 aliphatic carbocycles. The predicted molar refractivity (Wildman–Crippen MR) is 56.6 cm³/mol. The van der Waals surface area contributed by atoms with Gasteiger partial charge in [0.25, 0.3) is 0 Å². The van der Waals surface area contributed by atoms with Crippen LogP contribution in [0.25, 0.3) is 11.1 Å². The van der Waals surface area contributed by atoms with Crippen LogP contribution in [0, 0.1) is 6.92 Å². The van der Waals surface area contributed by atoms with Gasteiger partial charge in [-0.05, 0) is 12.5 Å². The molecule has 0 aliphatic rings. The Bertz CT molecular complexity index is 435. The van der Waals surface area contributed by atoms with Crippen LogP contribution < -0.4 is 5.73 Å². The molecule has 0 amide bonds. The van der Waals surface area contributed by atoms with E-state index in [0.29, 0.717) is 5.95 Å². The summed E-state index contributed by atoms with van der Waals surface area (Å²) in [6.45, 7) is 2.06. The van der Waals surface area contributed by atoms with Crippen LogP contribution in [0.5, 0.6) is 0 Å². The second kappa shape index (κ2) is 3.46. The predicted octanol–water partition coefficient (Wildman–Crippen LogP) is 2.03. The number of aryl methyl sites for hydroxylation is 1. The Morgan fingerprint density at radius 2 is 1.79 bits per heavy atom. The first-order valence-corrected chi connectivity index (χ1v) is 4.40. The van der Waals surface area contributed by atoms with Crippen molar-refractivity contribution in [3.63, 3.8) is 0 Å². The lowest BCUT2D eigenvalue weighted by atomic mass is 10.1. The van der Waals surface area contributed by atoms with Gasteiger partial charge in [0.1, 0.15) is 0 Å². The summed E-state index contributed by atoms with van der Waals surface area (Å²) in [5.74, 6) is 0.307. The lowest BCUT2D eigenvalue weighted by Crippen LogP contribution is -1.93. The van der Waals surface area contributed by atoms with Crippen LogP contribution in [0.15, 0.2) is 36.7 Å². The van der Waals surface area contributed by atoms with Gasteiger partial charge >= 0.3 is 0 Å². The van der Waals surface area contributed by atoms with E-state index in [-0.39, 0.29) is 0 Å². The molecule has 70 valence electrons. The molecule has 1 heterocycles. The van der Waals surface area contributed by atoms with Gasteiger partial charge in [0, 0.05) is 18.0 Å². The highest BCUT2D eigenvalue weighted by molar-refractivity contribution is 5.62. The zero-order valence-corrected chi connectivity index (χ0v) is 7.94. The monoisotopic (exact) mass is 185 g/mol. The maximum Gasteiger partial charge on any atom is 0.219 e. The Labute approximate surface area is 82.6 Å². The van der Waals surface area contributed by atoms with Gasteiger partial charge in [0.2, 0.25) is 5.95 Å². The molecule has 0 saturated carbocycles. The summed E-state index contributed by atoms with van der Waals surface area (Å²) >= 11 is 0. The van der Waals surface area contributed by atoms with Gasteiger partial charge in [-0.3, -0.25) is 0 Å². The van der Waals surface area contributed by atoms with E-state index in [1.807, 2.05) is 12.1 Å². The third-order valence-corrected chi connectivity index (χ3v) is 2.02. The molecule has 0 fully saturated rings. The molecule has 0 unspecified atom stereocenters. The number of hydrogen-bond acceptors (Lipinski definition) is 3. The summed E-state index contributed by atoms with van der Waals surface area (Å²) in [5, 5.41) is 0. The van der Waals surface area contributed by atoms with Gasteiger partial charge in [0.05, 0.1) is 0 Å². The van der Waals surface area contributed by atoms with Crippen molar-refractivity contribution in [2.75, 3.05) is 5.73 Å². The van der Waals surface area contributed by atoms with Crippen LogP contribution in [0.3, 0.4) is 0 Å². The molecule has 0 bridgehead atoms. The lowest BCUT2D eigenvalue weighted by Gasteiger charge is -2.01. The third kappa shape index (κ3) is 1.71. The molecule has 3 nitrogen and oxygen atoms in total. The van der Waals surface area contributed by atoms with E-state index in [4.69, 9.17) is 5.73 Å². The van der Waals surface area contributed by atoms with Crippen molar-refractivity contribution in [3.05, 3.63) is 42.2 Å². The van der Waals surface area contributed by atoms with Crippen molar-refractivity contribution in [1.29, 1.82) is 0 Å². The van der Waals surface area contributed by atoms with Gasteiger partial charge in [0.15, 0.2) is 0 Å². The molecule has 14 heavy (non-hydrogen) atoms. The second-order valence-electron chi connectivity index (χ2n) is 3.20. The minimum absolute atomic E-state index is 0.307. The fourth-order valence-electron chi connectivity index (χ4n) is 1.31. The largest absolute Gasteiger partial charge is 0.368 e. The van der Waals surface area contributed by atoms with Gasteiger partial charge in [-0.2, -0.15) is 0 Å². The molecule has 0 aliphatic heterocycles. The zero-order valence-electron chi connectivity index (χ0n) is 7.94. The second-order valence-corrected chi connectivity index (χ2v) is 3.20. The zero-order chi connectivity index (χ0) is 9.97. The fourth-order valence-corrected chi connectivity index (χ4v) is 1.31. The summed E-state index contributed by atoms with van der Waals surface area (Å²) in [4.78, 5) is 7.90. The molecular formula is C11H11N3. The maximum atomic E-state index is 5.41. The number of aromatic nitrogens is 2. The van der Waals surface area contributed by atoms with Gasteiger partial charge in [-0.1, -0.05) is 29.8 Å². The minimum atomic E-state index is 0.307. The Kier molecular flexibility index (Phi) is 2.14. The summed E-state index contributed by atoms with van der Waals surface area (Å²) in [6.07, 6.45) is 3.47. The average molecular weight is 185 g/mol. The van der Waals surface area contributed by atoms with Crippen molar-refractivity contribution in [3.8, 4) is 11.1 Å². The Hall–Kier alpha value is -1.90. The van der Waals surface area contributed by atoms with Crippen molar-refractivity contribution in [2.24, 2.45) is 0 Å². The van der Waals surface area contributed by atoms with E-state index in [1.165, 1.54) is 5.56 Å². The van der Waals surface area contributed by atoms with Crippen LogP contribution in [0.2, 0.25) is 0 Å². The smallest absolute Gasteiger partial charge is 0.219 e. The topological polar surface area (TPSA) is 51.8 Å². The highest BCUT2D eigenvalue weighted by Gasteiger charge is 1.98. The molecule has 0 saturated heterocycles. The number of nitrogen functional groups attached to an aromatic ring is 1. The molecule has 2 aromatic rings. The number of anilines is 1. The number of benzene rings is 1. The van der Waals surface area contributed by atoms with Crippen LogP contribution in [0.4, 0.5) is 5.95 Å². The fraction of sp³-hybridized carbons (Fsp3) is 0.0909. The molecule has 0 radical (unpaired) electrons. The van der Waals surface area contributed by atoms with E-state index in [2.05, 4.69) is 29.0 Å². The first-order chi connectivity index (χ1) is 6.75. The van der Waals surface area contributed by atoms with Crippen LogP contribution in [-0.2, 0) is 0 Å².